The lowest BCUT2D eigenvalue weighted by Gasteiger charge is -2.17. The first-order valence-electron chi connectivity index (χ1n) is 5.01. The monoisotopic (exact) mass is 236 g/mol. The van der Waals surface area contributed by atoms with Crippen molar-refractivity contribution in [3.63, 3.8) is 0 Å². The van der Waals surface area contributed by atoms with Crippen LogP contribution in [0.4, 0.5) is 0 Å². The summed E-state index contributed by atoms with van der Waals surface area (Å²) in [5.41, 5.74) is 1.23. The maximum Gasteiger partial charge on any atom is 0.336 e. The van der Waals surface area contributed by atoms with Gasteiger partial charge >= 0.3 is 5.97 Å². The van der Waals surface area contributed by atoms with Crippen molar-refractivity contribution in [3.05, 3.63) is 21.9 Å². The number of hydrogen-bond donors (Lipinski definition) is 1. The van der Waals surface area contributed by atoms with E-state index in [1.807, 2.05) is 12.3 Å². The highest BCUT2D eigenvalue weighted by atomic mass is 32.1. The number of hydrogen-bond acceptors (Lipinski definition) is 4. The molecule has 2 unspecified atom stereocenters. The van der Waals surface area contributed by atoms with E-state index in [4.69, 9.17) is 5.11 Å². The number of carboxylic acids is 1. The molecule has 1 aromatic rings. The van der Waals surface area contributed by atoms with Crippen LogP contribution in [0.2, 0.25) is 0 Å². The van der Waals surface area contributed by atoms with Gasteiger partial charge in [0.2, 0.25) is 0 Å². The van der Waals surface area contributed by atoms with Crippen LogP contribution in [0.1, 0.15) is 28.8 Å². The molecule has 0 saturated heterocycles. The van der Waals surface area contributed by atoms with Gasteiger partial charge in [-0.15, -0.1) is 0 Å². The fourth-order valence-corrected chi connectivity index (χ4v) is 2.67. The van der Waals surface area contributed by atoms with Gasteiger partial charge in [-0.3, -0.25) is 9.98 Å². The van der Waals surface area contributed by atoms with E-state index in [1.165, 1.54) is 11.3 Å². The summed E-state index contributed by atoms with van der Waals surface area (Å²) in [6.45, 7) is 2.58. The average Bonchev–Trinajstić information content (AvgIpc) is 2.63. The van der Waals surface area contributed by atoms with Crippen LogP contribution in [0.25, 0.3) is 0 Å². The second-order valence-corrected chi connectivity index (χ2v) is 4.45. The smallest absolute Gasteiger partial charge is 0.336 e. The third-order valence-corrected chi connectivity index (χ3v) is 3.46. The molecule has 0 aliphatic carbocycles. The lowest BCUT2D eigenvalue weighted by atomic mass is 9.92. The summed E-state index contributed by atoms with van der Waals surface area (Å²) in [6.07, 6.45) is 3.35. The van der Waals surface area contributed by atoms with E-state index in [0.29, 0.717) is 12.1 Å². The second-order valence-electron chi connectivity index (χ2n) is 3.71. The minimum absolute atomic E-state index is 0.0624. The normalized spacial score (nSPS) is 24.3. The predicted octanol–water partition coefficient (Wildman–Crippen LogP) is 2.07. The molecule has 16 heavy (non-hydrogen) atoms. The Balaban J connectivity index is 2.35. The van der Waals surface area contributed by atoms with Gasteiger partial charge in [-0.2, -0.15) is 11.3 Å². The molecule has 1 N–H and O–H groups in total. The van der Waals surface area contributed by atoms with Crippen molar-refractivity contribution < 1.29 is 9.90 Å². The molecular weight excluding hydrogens is 224 g/mol. The van der Waals surface area contributed by atoms with Gasteiger partial charge in [0.15, 0.2) is 0 Å². The van der Waals surface area contributed by atoms with Gasteiger partial charge in [0.25, 0.3) is 0 Å². The molecule has 4 nitrogen and oxygen atoms in total. The summed E-state index contributed by atoms with van der Waals surface area (Å²) in [5.74, 6) is -0.812. The van der Waals surface area contributed by atoms with E-state index in [2.05, 4.69) is 9.98 Å². The van der Waals surface area contributed by atoms with Gasteiger partial charge in [0.05, 0.1) is 11.6 Å². The Morgan fingerprint density at radius 1 is 1.50 bits per heavy atom. The summed E-state index contributed by atoms with van der Waals surface area (Å²) in [7, 11) is 0. The molecule has 0 fully saturated rings. The highest BCUT2D eigenvalue weighted by molar-refractivity contribution is 7.08. The maximum atomic E-state index is 11.0. The Kier molecular flexibility index (Phi) is 3.14. The first kappa shape index (κ1) is 11.0. The molecule has 2 rings (SSSR count). The molecule has 1 aromatic heterocycles. The molecule has 2 atom stereocenters. The van der Waals surface area contributed by atoms with E-state index in [1.54, 1.807) is 17.8 Å². The lowest BCUT2D eigenvalue weighted by Crippen LogP contribution is -2.17. The minimum Gasteiger partial charge on any atom is -0.478 e. The van der Waals surface area contributed by atoms with E-state index in [9.17, 15) is 4.79 Å². The van der Waals surface area contributed by atoms with Crippen LogP contribution in [-0.2, 0) is 0 Å². The standard InChI is InChI=1S/C11H12N2O2S/c1-7-8(4-12-2-3-13-7)9-5-16-6-10(9)11(14)15/h2-3,5-8H,4H2,1H3,(H,14,15). The molecular formula is C11H12N2O2S. The zero-order valence-electron chi connectivity index (χ0n) is 8.83. The highest BCUT2D eigenvalue weighted by Crippen LogP contribution is 2.29. The van der Waals surface area contributed by atoms with Crippen LogP contribution in [-0.4, -0.2) is 36.1 Å². The Morgan fingerprint density at radius 2 is 2.31 bits per heavy atom. The van der Waals surface area contributed by atoms with E-state index >= 15 is 0 Å². The van der Waals surface area contributed by atoms with Crippen LogP contribution >= 0.6 is 11.3 Å². The fourth-order valence-electron chi connectivity index (χ4n) is 1.78. The molecule has 5 heteroatoms. The van der Waals surface area contributed by atoms with Crippen LogP contribution in [0, 0.1) is 0 Å². The van der Waals surface area contributed by atoms with Gasteiger partial charge in [-0.25, -0.2) is 4.79 Å². The third-order valence-electron chi connectivity index (χ3n) is 2.70. The fraction of sp³-hybridized carbons (Fsp3) is 0.364. The zero-order valence-corrected chi connectivity index (χ0v) is 9.65. The molecule has 1 aliphatic rings. The van der Waals surface area contributed by atoms with E-state index in [0.717, 1.165) is 5.56 Å². The molecule has 1 aliphatic heterocycles. The first-order valence-corrected chi connectivity index (χ1v) is 5.95. The Bertz CT molecular complexity index is 451. The molecule has 2 heterocycles. The van der Waals surface area contributed by atoms with E-state index < -0.39 is 5.97 Å². The van der Waals surface area contributed by atoms with Crippen LogP contribution < -0.4 is 0 Å². The number of carbonyl (C=O) groups is 1. The predicted molar refractivity (Wildman–Crippen MR) is 65.3 cm³/mol. The maximum absolute atomic E-state index is 11.0. The average molecular weight is 236 g/mol. The number of carboxylic acid groups (broad SMARTS) is 1. The van der Waals surface area contributed by atoms with Crippen molar-refractivity contribution in [3.8, 4) is 0 Å². The number of thiophene rings is 1. The lowest BCUT2D eigenvalue weighted by molar-refractivity contribution is 0.0696. The van der Waals surface area contributed by atoms with Crippen LogP contribution in [0.15, 0.2) is 20.7 Å². The Labute approximate surface area is 97.4 Å². The molecule has 0 saturated carbocycles. The van der Waals surface area contributed by atoms with E-state index in [-0.39, 0.29) is 12.0 Å². The minimum atomic E-state index is -0.874. The van der Waals surface area contributed by atoms with Crippen molar-refractivity contribution in [1.82, 2.24) is 0 Å². The van der Waals surface area contributed by atoms with Crippen molar-refractivity contribution in [2.75, 3.05) is 6.54 Å². The number of aliphatic imine (C=N–C) groups is 2. The summed E-state index contributed by atoms with van der Waals surface area (Å²) in [5, 5.41) is 12.6. The first-order chi connectivity index (χ1) is 7.70. The molecule has 0 bridgehead atoms. The summed E-state index contributed by atoms with van der Waals surface area (Å²) >= 11 is 1.41. The molecule has 0 amide bonds. The van der Waals surface area contributed by atoms with Gasteiger partial charge in [-0.05, 0) is 17.9 Å². The summed E-state index contributed by atoms with van der Waals surface area (Å²) in [6, 6.07) is 0.0650. The van der Waals surface area contributed by atoms with Gasteiger partial charge < -0.3 is 5.11 Å². The van der Waals surface area contributed by atoms with Gasteiger partial charge in [0.1, 0.15) is 0 Å². The van der Waals surface area contributed by atoms with Crippen molar-refractivity contribution in [1.29, 1.82) is 0 Å². The zero-order chi connectivity index (χ0) is 11.5. The van der Waals surface area contributed by atoms with Gasteiger partial charge in [0, 0.05) is 30.3 Å². The Hall–Kier alpha value is -1.49. The summed E-state index contributed by atoms with van der Waals surface area (Å²) in [4.78, 5) is 19.5. The van der Waals surface area contributed by atoms with Crippen molar-refractivity contribution >= 4 is 29.7 Å². The number of nitrogens with zero attached hydrogens (tertiary/aromatic N) is 2. The highest BCUT2D eigenvalue weighted by Gasteiger charge is 2.24. The topological polar surface area (TPSA) is 62.0 Å². The third kappa shape index (κ3) is 2.04. The molecule has 0 radical (unpaired) electrons. The van der Waals surface area contributed by atoms with Crippen LogP contribution in [0.5, 0.6) is 0 Å². The number of rotatable bonds is 2. The second kappa shape index (κ2) is 4.57. The largest absolute Gasteiger partial charge is 0.478 e. The molecule has 0 aromatic carbocycles. The van der Waals surface area contributed by atoms with Crippen molar-refractivity contribution in [2.45, 2.75) is 18.9 Å². The molecule has 84 valence electrons. The van der Waals surface area contributed by atoms with Crippen LogP contribution in [0.3, 0.4) is 0 Å². The Morgan fingerprint density at radius 3 is 3.06 bits per heavy atom. The van der Waals surface area contributed by atoms with Crippen molar-refractivity contribution in [2.24, 2.45) is 9.98 Å². The molecule has 0 spiro atoms. The quantitative estimate of drug-likeness (QED) is 0.854. The SMILES string of the molecule is CC1N=CC=NCC1c1cscc1C(=O)O. The summed E-state index contributed by atoms with van der Waals surface area (Å²) < 4.78 is 0. The van der Waals surface area contributed by atoms with Gasteiger partial charge in [-0.1, -0.05) is 0 Å². The number of aromatic carboxylic acids is 1.